The zero-order valence-corrected chi connectivity index (χ0v) is 15.7. The molecule has 5 rings (SSSR count). The minimum atomic E-state index is 0.948. The molecule has 0 saturated carbocycles. The third-order valence-corrected chi connectivity index (χ3v) is 5.40. The maximum atomic E-state index is 4.53. The van der Waals surface area contributed by atoms with Gasteiger partial charge in [-0.3, -0.25) is 9.55 Å². The van der Waals surface area contributed by atoms with Crippen molar-refractivity contribution in [3.8, 4) is 12.0 Å². The third-order valence-electron chi connectivity index (χ3n) is 5.40. The van der Waals surface area contributed by atoms with Crippen LogP contribution < -0.4 is 0 Å². The molecule has 0 fully saturated rings. The first-order valence-electron chi connectivity index (χ1n) is 9.37. The van der Waals surface area contributed by atoms with E-state index in [9.17, 15) is 0 Å². The molecule has 27 heavy (non-hydrogen) atoms. The maximum Gasteiger partial charge on any atom is 0.0702 e. The van der Waals surface area contributed by atoms with Crippen LogP contribution in [0.25, 0.3) is 21.8 Å². The Morgan fingerprint density at radius 2 is 1.96 bits per heavy atom. The topological polar surface area (TPSA) is 21.1 Å². The van der Waals surface area contributed by atoms with Gasteiger partial charge in [-0.1, -0.05) is 29.8 Å². The van der Waals surface area contributed by atoms with Crippen LogP contribution in [0.2, 0.25) is 0 Å². The van der Waals surface area contributed by atoms with E-state index in [1.807, 2.05) is 24.4 Å². The number of aromatic nitrogens is 2. The molecule has 0 N–H and O–H groups in total. The fraction of sp³-hybridized carbons (Fsp3) is 0.208. The number of nitrogens with zero attached hydrogens (tertiary/aromatic N) is 3. The highest BCUT2D eigenvalue weighted by atomic mass is 15.1. The SMILES string of the molecule is Cc1ccc2c(c1)c1c(n2C#Cc2cnc3ccccc3c2)CCN(C)C1. The van der Waals surface area contributed by atoms with Crippen LogP contribution in [0, 0.1) is 18.9 Å². The predicted molar refractivity (Wildman–Crippen MR) is 111 cm³/mol. The van der Waals surface area contributed by atoms with Crippen LogP contribution in [0.5, 0.6) is 0 Å². The van der Waals surface area contributed by atoms with Crippen molar-refractivity contribution < 1.29 is 0 Å². The van der Waals surface area contributed by atoms with Crippen LogP contribution in [0.3, 0.4) is 0 Å². The lowest BCUT2D eigenvalue weighted by molar-refractivity contribution is 0.311. The lowest BCUT2D eigenvalue weighted by Crippen LogP contribution is -2.27. The van der Waals surface area contributed by atoms with Crippen molar-refractivity contribution in [1.82, 2.24) is 14.5 Å². The molecule has 0 atom stereocenters. The molecular formula is C24H21N3. The van der Waals surface area contributed by atoms with Crippen molar-refractivity contribution in [2.24, 2.45) is 0 Å². The van der Waals surface area contributed by atoms with Gasteiger partial charge in [-0.2, -0.15) is 0 Å². The summed E-state index contributed by atoms with van der Waals surface area (Å²) < 4.78 is 2.20. The largest absolute Gasteiger partial charge is 0.302 e. The second-order valence-corrected chi connectivity index (χ2v) is 7.42. The molecule has 2 aromatic heterocycles. The monoisotopic (exact) mass is 351 g/mol. The molecule has 3 heteroatoms. The van der Waals surface area contributed by atoms with E-state index in [4.69, 9.17) is 0 Å². The summed E-state index contributed by atoms with van der Waals surface area (Å²) in [5.74, 6) is 3.34. The van der Waals surface area contributed by atoms with E-state index in [2.05, 4.69) is 70.7 Å². The Kier molecular flexibility index (Phi) is 3.74. The van der Waals surface area contributed by atoms with Gasteiger partial charge in [0, 0.05) is 53.8 Å². The van der Waals surface area contributed by atoms with E-state index in [-0.39, 0.29) is 0 Å². The first-order chi connectivity index (χ1) is 13.2. The number of fused-ring (bicyclic) bond motifs is 4. The number of hydrogen-bond donors (Lipinski definition) is 0. The van der Waals surface area contributed by atoms with Crippen molar-refractivity contribution in [2.45, 2.75) is 19.9 Å². The minimum absolute atomic E-state index is 0.948. The molecule has 3 heterocycles. The van der Waals surface area contributed by atoms with Crippen LogP contribution >= 0.6 is 0 Å². The van der Waals surface area contributed by atoms with Gasteiger partial charge in [0.15, 0.2) is 0 Å². The smallest absolute Gasteiger partial charge is 0.0702 e. The molecule has 0 unspecified atom stereocenters. The van der Waals surface area contributed by atoms with E-state index in [0.29, 0.717) is 0 Å². The molecule has 0 aliphatic carbocycles. The van der Waals surface area contributed by atoms with E-state index in [1.54, 1.807) is 0 Å². The summed E-state index contributed by atoms with van der Waals surface area (Å²) in [6.07, 6.45) is 2.90. The van der Waals surface area contributed by atoms with E-state index in [0.717, 1.165) is 36.0 Å². The second kappa shape index (κ2) is 6.26. The number of hydrogen-bond acceptors (Lipinski definition) is 2. The van der Waals surface area contributed by atoms with Crippen molar-refractivity contribution >= 4 is 21.8 Å². The lowest BCUT2D eigenvalue weighted by Gasteiger charge is -2.23. The van der Waals surface area contributed by atoms with Crippen molar-refractivity contribution in [3.05, 3.63) is 77.1 Å². The van der Waals surface area contributed by atoms with E-state index >= 15 is 0 Å². The summed E-state index contributed by atoms with van der Waals surface area (Å²) in [5, 5.41) is 2.46. The summed E-state index contributed by atoms with van der Waals surface area (Å²) >= 11 is 0. The van der Waals surface area contributed by atoms with Gasteiger partial charge < -0.3 is 4.90 Å². The summed E-state index contributed by atoms with van der Waals surface area (Å²) in [6.45, 7) is 4.21. The highest BCUT2D eigenvalue weighted by Gasteiger charge is 2.21. The Balaban J connectivity index is 1.66. The van der Waals surface area contributed by atoms with Crippen LogP contribution in [0.1, 0.15) is 22.4 Å². The summed E-state index contributed by atoms with van der Waals surface area (Å²) in [6, 6.07) is 20.4. The molecule has 0 bridgehead atoms. The van der Waals surface area contributed by atoms with Crippen molar-refractivity contribution in [1.29, 1.82) is 0 Å². The summed E-state index contributed by atoms with van der Waals surface area (Å²) in [5.41, 5.74) is 7.24. The van der Waals surface area contributed by atoms with Gasteiger partial charge in [-0.25, -0.2) is 0 Å². The van der Waals surface area contributed by atoms with Crippen molar-refractivity contribution in [2.75, 3.05) is 13.6 Å². The van der Waals surface area contributed by atoms with Gasteiger partial charge in [0.2, 0.25) is 0 Å². The molecule has 2 aromatic carbocycles. The molecule has 0 amide bonds. The number of benzene rings is 2. The summed E-state index contributed by atoms with van der Waals surface area (Å²) in [4.78, 5) is 6.92. The van der Waals surface area contributed by atoms with E-state index < -0.39 is 0 Å². The number of pyridine rings is 1. The molecule has 4 aromatic rings. The van der Waals surface area contributed by atoms with Crippen LogP contribution in [0.4, 0.5) is 0 Å². The van der Waals surface area contributed by atoms with Gasteiger partial charge in [0.25, 0.3) is 0 Å². The number of rotatable bonds is 0. The standard InChI is InChI=1S/C24H21N3/c1-17-7-8-23-20(13-17)21-16-26(2)11-10-24(21)27(23)12-9-18-14-19-5-3-4-6-22(19)25-15-18/h3-8,13-15H,10-11,16H2,1-2H3. The average Bonchev–Trinajstić information content (AvgIpc) is 2.98. The van der Waals surface area contributed by atoms with E-state index in [1.165, 1.54) is 27.7 Å². The third kappa shape index (κ3) is 2.79. The average molecular weight is 351 g/mol. The molecule has 132 valence electrons. The number of likely N-dealkylation sites (N-methyl/N-ethyl adjacent to an activating group) is 1. The Bertz CT molecular complexity index is 1240. The molecule has 0 spiro atoms. The second-order valence-electron chi connectivity index (χ2n) is 7.42. The fourth-order valence-corrected chi connectivity index (χ4v) is 3.99. The lowest BCUT2D eigenvalue weighted by atomic mass is 10.0. The molecule has 3 nitrogen and oxygen atoms in total. The molecule has 1 aliphatic rings. The van der Waals surface area contributed by atoms with Crippen LogP contribution in [-0.4, -0.2) is 28.0 Å². The Labute approximate surface area is 159 Å². The predicted octanol–water partition coefficient (Wildman–Crippen LogP) is 4.34. The highest BCUT2D eigenvalue weighted by molar-refractivity contribution is 5.87. The Hall–Kier alpha value is -3.09. The first-order valence-corrected chi connectivity index (χ1v) is 9.37. The normalized spacial score (nSPS) is 14.1. The minimum Gasteiger partial charge on any atom is -0.302 e. The van der Waals surface area contributed by atoms with Crippen LogP contribution in [0.15, 0.2) is 54.7 Å². The maximum absolute atomic E-state index is 4.53. The zero-order valence-electron chi connectivity index (χ0n) is 15.7. The number of para-hydroxylation sites is 1. The van der Waals surface area contributed by atoms with Gasteiger partial charge in [-0.05, 0) is 49.7 Å². The zero-order chi connectivity index (χ0) is 18.4. The van der Waals surface area contributed by atoms with Gasteiger partial charge in [0.1, 0.15) is 0 Å². The first kappa shape index (κ1) is 16.1. The van der Waals surface area contributed by atoms with Gasteiger partial charge in [-0.15, -0.1) is 0 Å². The van der Waals surface area contributed by atoms with Gasteiger partial charge >= 0.3 is 0 Å². The van der Waals surface area contributed by atoms with Gasteiger partial charge in [0.05, 0.1) is 11.0 Å². The molecule has 0 saturated heterocycles. The fourth-order valence-electron chi connectivity index (χ4n) is 3.99. The molecule has 0 radical (unpaired) electrons. The Morgan fingerprint density at radius 3 is 2.89 bits per heavy atom. The van der Waals surface area contributed by atoms with Crippen LogP contribution in [-0.2, 0) is 13.0 Å². The summed E-state index contributed by atoms with van der Waals surface area (Å²) in [7, 11) is 2.19. The van der Waals surface area contributed by atoms with Crippen molar-refractivity contribution in [3.63, 3.8) is 0 Å². The molecular weight excluding hydrogens is 330 g/mol. The highest BCUT2D eigenvalue weighted by Crippen LogP contribution is 2.30. The quantitative estimate of drug-likeness (QED) is 0.439. The number of aryl methyl sites for hydroxylation is 1. The molecule has 1 aliphatic heterocycles. The Morgan fingerprint density at radius 1 is 1.07 bits per heavy atom.